The van der Waals surface area contributed by atoms with Gasteiger partial charge < -0.3 is 14.2 Å². The molecule has 0 bridgehead atoms. The van der Waals surface area contributed by atoms with Gasteiger partial charge >= 0.3 is 5.97 Å². The number of ether oxygens (including phenoxy) is 3. The van der Waals surface area contributed by atoms with E-state index in [1.807, 2.05) is 0 Å². The Balaban J connectivity index is 0.957. The molecule has 0 aromatic rings. The molecule has 0 saturated heterocycles. The molecular weight excluding hydrogens is 580 g/mol. The fourth-order valence-electron chi connectivity index (χ4n) is 10.9. The molecule has 4 nitrogen and oxygen atoms in total. The maximum atomic E-state index is 13.3. The van der Waals surface area contributed by atoms with Gasteiger partial charge in [-0.05, 0) is 125 Å². The van der Waals surface area contributed by atoms with E-state index in [9.17, 15) is 4.79 Å². The second-order valence-electron chi connectivity index (χ2n) is 17.5. The van der Waals surface area contributed by atoms with Crippen LogP contribution < -0.4 is 0 Å². The molecule has 5 saturated carbocycles. The van der Waals surface area contributed by atoms with E-state index in [1.54, 1.807) is 0 Å². The lowest BCUT2D eigenvalue weighted by Crippen LogP contribution is -2.42. The molecule has 5 aliphatic carbocycles. The highest BCUT2D eigenvalue weighted by Crippen LogP contribution is 2.44. The lowest BCUT2D eigenvalue weighted by molar-refractivity contribution is -0.201. The van der Waals surface area contributed by atoms with Gasteiger partial charge in [-0.2, -0.15) is 0 Å². The first-order valence-corrected chi connectivity index (χ1v) is 21.5. The van der Waals surface area contributed by atoms with Crippen LogP contribution in [0.1, 0.15) is 200 Å². The van der Waals surface area contributed by atoms with Crippen LogP contribution in [0, 0.1) is 41.4 Å². The van der Waals surface area contributed by atoms with Crippen LogP contribution >= 0.6 is 0 Å². The molecule has 0 aromatic carbocycles. The van der Waals surface area contributed by atoms with Crippen LogP contribution in [0.25, 0.3) is 0 Å². The zero-order chi connectivity index (χ0) is 32.7. The highest BCUT2D eigenvalue weighted by atomic mass is 16.7. The quantitative estimate of drug-likeness (QED) is 0.0888. The number of carbonyl (C=O) groups is 1. The maximum Gasteiger partial charge on any atom is 0.309 e. The Morgan fingerprint density at radius 1 is 0.574 bits per heavy atom. The number of hydrogen-bond donors (Lipinski definition) is 0. The van der Waals surface area contributed by atoms with Crippen molar-refractivity contribution in [1.29, 1.82) is 0 Å². The SMILES string of the molecule is CCCCCC1CCC(C2CCC(OCOC3(COC(=O)C4CCC(C5CCC(CCCCC)CC5)CC4)CCCCC3)CC2)CC1. The molecule has 272 valence electrons. The molecule has 0 spiro atoms. The molecule has 0 radical (unpaired) electrons. The van der Waals surface area contributed by atoms with E-state index >= 15 is 0 Å². The van der Waals surface area contributed by atoms with Gasteiger partial charge in [-0.3, -0.25) is 4.79 Å². The fraction of sp³-hybridized carbons (Fsp3) is 0.977. The Kier molecular flexibility index (Phi) is 16.3. The normalized spacial score (nSPS) is 34.9. The van der Waals surface area contributed by atoms with Gasteiger partial charge in [0.15, 0.2) is 0 Å². The topological polar surface area (TPSA) is 44.8 Å². The number of esters is 1. The van der Waals surface area contributed by atoms with Gasteiger partial charge in [0.25, 0.3) is 0 Å². The van der Waals surface area contributed by atoms with Crippen molar-refractivity contribution < 1.29 is 19.0 Å². The Hall–Kier alpha value is -0.610. The van der Waals surface area contributed by atoms with Crippen molar-refractivity contribution in [2.24, 2.45) is 41.4 Å². The van der Waals surface area contributed by atoms with Gasteiger partial charge in [-0.25, -0.2) is 0 Å². The average Bonchev–Trinajstić information content (AvgIpc) is 3.12. The summed E-state index contributed by atoms with van der Waals surface area (Å²) in [6.07, 6.45) is 38.4. The molecule has 0 heterocycles. The predicted octanol–water partition coefficient (Wildman–Crippen LogP) is 12.4. The molecule has 5 aliphatic rings. The van der Waals surface area contributed by atoms with Crippen molar-refractivity contribution in [3.63, 3.8) is 0 Å². The fourth-order valence-corrected chi connectivity index (χ4v) is 10.9. The number of unbranched alkanes of at least 4 members (excludes halogenated alkanes) is 4. The van der Waals surface area contributed by atoms with Gasteiger partial charge in [0.05, 0.1) is 12.0 Å². The van der Waals surface area contributed by atoms with E-state index < -0.39 is 0 Å². The Bertz CT molecular complexity index is 834. The van der Waals surface area contributed by atoms with Crippen LogP contribution in [0.4, 0.5) is 0 Å². The smallest absolute Gasteiger partial charge is 0.309 e. The maximum absolute atomic E-state index is 13.3. The molecule has 0 amide bonds. The summed E-state index contributed by atoms with van der Waals surface area (Å²) in [7, 11) is 0. The van der Waals surface area contributed by atoms with Crippen molar-refractivity contribution in [1.82, 2.24) is 0 Å². The summed E-state index contributed by atoms with van der Waals surface area (Å²) >= 11 is 0. The van der Waals surface area contributed by atoms with E-state index in [0.29, 0.717) is 19.5 Å². The highest BCUT2D eigenvalue weighted by molar-refractivity contribution is 5.72. The summed E-state index contributed by atoms with van der Waals surface area (Å²) < 4.78 is 19.0. The monoisotopic (exact) mass is 657 g/mol. The molecule has 0 N–H and O–H groups in total. The van der Waals surface area contributed by atoms with E-state index in [-0.39, 0.29) is 17.5 Å². The molecule has 47 heavy (non-hydrogen) atoms. The van der Waals surface area contributed by atoms with Gasteiger partial charge in [-0.1, -0.05) is 110 Å². The van der Waals surface area contributed by atoms with Crippen molar-refractivity contribution in [2.45, 2.75) is 212 Å². The van der Waals surface area contributed by atoms with Crippen LogP contribution in [0.5, 0.6) is 0 Å². The molecule has 0 atom stereocenters. The minimum Gasteiger partial charge on any atom is -0.462 e. The molecule has 5 rings (SSSR count). The minimum absolute atomic E-state index is 0.0471. The lowest BCUT2D eigenvalue weighted by atomic mass is 9.68. The molecule has 4 heteroatoms. The highest BCUT2D eigenvalue weighted by Gasteiger charge is 2.38. The summed E-state index contributed by atoms with van der Waals surface area (Å²) in [6.45, 7) is 5.42. The zero-order valence-electron chi connectivity index (χ0n) is 31.2. The second-order valence-corrected chi connectivity index (χ2v) is 17.5. The Morgan fingerprint density at radius 3 is 1.53 bits per heavy atom. The van der Waals surface area contributed by atoms with Crippen LogP contribution in [0.15, 0.2) is 0 Å². The summed E-state index contributed by atoms with van der Waals surface area (Å²) in [5.41, 5.74) is -0.339. The van der Waals surface area contributed by atoms with Crippen molar-refractivity contribution in [3.05, 3.63) is 0 Å². The van der Waals surface area contributed by atoms with Crippen molar-refractivity contribution in [2.75, 3.05) is 13.4 Å². The molecule has 0 aromatic heterocycles. The van der Waals surface area contributed by atoms with Crippen molar-refractivity contribution in [3.8, 4) is 0 Å². The summed E-state index contributed by atoms with van der Waals surface area (Å²) in [5, 5.41) is 0. The Labute approximate surface area is 291 Å². The molecule has 0 aliphatic heterocycles. The standard InChI is InChI=1S/C43H76O4/c1-3-5-8-12-34-14-18-36(19-15-34)38-22-24-40(25-23-38)42(44)45-32-43(30-10-7-11-31-43)47-33-46-41-28-26-39(27-29-41)37-20-16-35(17-21-37)13-9-6-4-2/h34-41H,3-33H2,1-2H3. The number of carbonyl (C=O) groups excluding carboxylic acids is 1. The lowest BCUT2D eigenvalue weighted by Gasteiger charge is -2.39. The zero-order valence-corrected chi connectivity index (χ0v) is 31.2. The van der Waals surface area contributed by atoms with E-state index in [1.165, 1.54) is 148 Å². The molecular formula is C43H76O4. The van der Waals surface area contributed by atoms with Gasteiger partial charge in [0.1, 0.15) is 19.0 Å². The summed E-state index contributed by atoms with van der Waals surface area (Å²) in [6, 6.07) is 0. The van der Waals surface area contributed by atoms with Gasteiger partial charge in [0.2, 0.25) is 0 Å². The molecule has 5 fully saturated rings. The number of hydrogen-bond acceptors (Lipinski definition) is 4. The third kappa shape index (κ3) is 12.0. The molecule has 0 unspecified atom stereocenters. The average molecular weight is 657 g/mol. The van der Waals surface area contributed by atoms with Gasteiger partial charge in [-0.15, -0.1) is 0 Å². The van der Waals surface area contributed by atoms with Crippen molar-refractivity contribution >= 4 is 5.97 Å². The first kappa shape index (κ1) is 37.6. The second kappa shape index (κ2) is 20.3. The van der Waals surface area contributed by atoms with E-state index in [2.05, 4.69) is 13.8 Å². The van der Waals surface area contributed by atoms with E-state index in [0.717, 1.165) is 74.0 Å². The van der Waals surface area contributed by atoms with Crippen LogP contribution in [0.2, 0.25) is 0 Å². The first-order chi connectivity index (χ1) is 23.1. The van der Waals surface area contributed by atoms with Gasteiger partial charge in [0, 0.05) is 0 Å². The predicted molar refractivity (Wildman–Crippen MR) is 194 cm³/mol. The summed E-state index contributed by atoms with van der Waals surface area (Å²) in [5.74, 6) is 5.77. The van der Waals surface area contributed by atoms with Crippen LogP contribution in [-0.4, -0.2) is 31.1 Å². The van der Waals surface area contributed by atoms with Crippen LogP contribution in [-0.2, 0) is 19.0 Å². The van der Waals surface area contributed by atoms with E-state index in [4.69, 9.17) is 14.2 Å². The largest absolute Gasteiger partial charge is 0.462 e. The summed E-state index contributed by atoms with van der Waals surface area (Å²) in [4.78, 5) is 13.3. The number of rotatable bonds is 17. The minimum atomic E-state index is -0.339. The third-order valence-corrected chi connectivity index (χ3v) is 14.3. The van der Waals surface area contributed by atoms with Crippen LogP contribution in [0.3, 0.4) is 0 Å². The Morgan fingerprint density at radius 2 is 1.04 bits per heavy atom. The first-order valence-electron chi connectivity index (χ1n) is 21.5. The third-order valence-electron chi connectivity index (χ3n) is 14.3.